The SMILES string of the molecule is CCC(CC)C1CC(Nc2cc(-c3nc(C(C)C)no3)ccn2)CCO1. The monoisotopic (exact) mass is 358 g/mol. The average Bonchev–Trinajstić information content (AvgIpc) is 3.14. The molecule has 0 aromatic carbocycles. The summed E-state index contributed by atoms with van der Waals surface area (Å²) < 4.78 is 11.4. The number of aromatic nitrogens is 3. The van der Waals surface area contributed by atoms with Gasteiger partial charge in [0.05, 0.1) is 6.10 Å². The number of nitrogens with one attached hydrogen (secondary N) is 1. The van der Waals surface area contributed by atoms with Crippen molar-refractivity contribution in [2.24, 2.45) is 5.92 Å². The van der Waals surface area contributed by atoms with Gasteiger partial charge in [0.15, 0.2) is 5.82 Å². The van der Waals surface area contributed by atoms with Crippen LogP contribution in [0.5, 0.6) is 0 Å². The molecule has 1 aliphatic heterocycles. The molecule has 0 aliphatic carbocycles. The Morgan fingerprint density at radius 1 is 1.27 bits per heavy atom. The Balaban J connectivity index is 1.68. The van der Waals surface area contributed by atoms with E-state index in [4.69, 9.17) is 9.26 Å². The lowest BCUT2D eigenvalue weighted by molar-refractivity contribution is -0.0271. The van der Waals surface area contributed by atoms with Crippen LogP contribution in [0.25, 0.3) is 11.5 Å². The van der Waals surface area contributed by atoms with E-state index in [1.54, 1.807) is 6.20 Å². The maximum absolute atomic E-state index is 6.01. The minimum Gasteiger partial charge on any atom is -0.378 e. The molecule has 1 aliphatic rings. The van der Waals surface area contributed by atoms with E-state index in [1.165, 1.54) is 0 Å². The minimum absolute atomic E-state index is 0.246. The number of ether oxygens (including phenoxy) is 1. The Labute approximate surface area is 155 Å². The average molecular weight is 358 g/mol. The van der Waals surface area contributed by atoms with Gasteiger partial charge < -0.3 is 14.6 Å². The van der Waals surface area contributed by atoms with Gasteiger partial charge in [0.1, 0.15) is 5.82 Å². The van der Waals surface area contributed by atoms with Crippen LogP contribution in [0.15, 0.2) is 22.9 Å². The van der Waals surface area contributed by atoms with Gasteiger partial charge in [-0.3, -0.25) is 0 Å². The molecule has 2 aromatic rings. The first-order valence-electron chi connectivity index (χ1n) is 9.78. The summed E-state index contributed by atoms with van der Waals surface area (Å²) >= 11 is 0. The lowest BCUT2D eigenvalue weighted by atomic mass is 9.89. The summed E-state index contributed by atoms with van der Waals surface area (Å²) in [5.74, 6) is 3.00. The second-order valence-corrected chi connectivity index (χ2v) is 7.39. The zero-order valence-electron chi connectivity index (χ0n) is 16.2. The van der Waals surface area contributed by atoms with Gasteiger partial charge >= 0.3 is 0 Å². The number of pyridine rings is 1. The van der Waals surface area contributed by atoms with E-state index in [-0.39, 0.29) is 5.92 Å². The Morgan fingerprint density at radius 2 is 2.08 bits per heavy atom. The number of rotatable bonds is 7. The van der Waals surface area contributed by atoms with E-state index in [1.807, 2.05) is 12.1 Å². The van der Waals surface area contributed by atoms with E-state index in [9.17, 15) is 0 Å². The summed E-state index contributed by atoms with van der Waals surface area (Å²) in [6, 6.07) is 4.27. The molecule has 6 nitrogen and oxygen atoms in total. The third-order valence-electron chi connectivity index (χ3n) is 5.21. The van der Waals surface area contributed by atoms with Crippen molar-refractivity contribution in [1.29, 1.82) is 0 Å². The van der Waals surface area contributed by atoms with Gasteiger partial charge in [-0.15, -0.1) is 0 Å². The first kappa shape index (κ1) is 18.8. The van der Waals surface area contributed by atoms with Crippen LogP contribution in [0.1, 0.15) is 65.1 Å². The summed E-state index contributed by atoms with van der Waals surface area (Å²) in [5, 5.41) is 7.61. The van der Waals surface area contributed by atoms with Crippen molar-refractivity contribution in [2.75, 3.05) is 11.9 Å². The first-order chi connectivity index (χ1) is 12.6. The molecule has 26 heavy (non-hydrogen) atoms. The van der Waals surface area contributed by atoms with Crippen LogP contribution in [-0.2, 0) is 4.74 Å². The zero-order chi connectivity index (χ0) is 18.5. The Morgan fingerprint density at radius 3 is 2.77 bits per heavy atom. The van der Waals surface area contributed by atoms with Crippen molar-refractivity contribution in [3.63, 3.8) is 0 Å². The van der Waals surface area contributed by atoms with Crippen LogP contribution >= 0.6 is 0 Å². The van der Waals surface area contributed by atoms with E-state index in [0.29, 0.717) is 24.0 Å². The lowest BCUT2D eigenvalue weighted by Gasteiger charge is -2.34. The summed E-state index contributed by atoms with van der Waals surface area (Å²) in [6.45, 7) is 9.40. The fraction of sp³-hybridized carbons (Fsp3) is 0.650. The molecule has 2 unspecified atom stereocenters. The Kier molecular flexibility index (Phi) is 6.25. The molecule has 0 bridgehead atoms. The van der Waals surface area contributed by atoms with E-state index in [0.717, 1.165) is 49.5 Å². The number of nitrogens with zero attached hydrogens (tertiary/aromatic N) is 3. The van der Waals surface area contributed by atoms with E-state index >= 15 is 0 Å². The quantitative estimate of drug-likeness (QED) is 0.776. The summed E-state index contributed by atoms with van der Waals surface area (Å²) in [5.41, 5.74) is 0.894. The highest BCUT2D eigenvalue weighted by Gasteiger charge is 2.27. The van der Waals surface area contributed by atoms with Gasteiger partial charge in [-0.1, -0.05) is 45.7 Å². The van der Waals surface area contributed by atoms with Crippen LogP contribution in [-0.4, -0.2) is 33.9 Å². The van der Waals surface area contributed by atoms with Gasteiger partial charge in [-0.2, -0.15) is 4.98 Å². The number of hydrogen-bond donors (Lipinski definition) is 1. The van der Waals surface area contributed by atoms with Crippen LogP contribution < -0.4 is 5.32 Å². The Hall–Kier alpha value is -1.95. The second kappa shape index (κ2) is 8.62. The topological polar surface area (TPSA) is 73.1 Å². The van der Waals surface area contributed by atoms with Crippen molar-refractivity contribution in [3.8, 4) is 11.5 Å². The predicted molar refractivity (Wildman–Crippen MR) is 102 cm³/mol. The smallest absolute Gasteiger partial charge is 0.258 e. The second-order valence-electron chi connectivity index (χ2n) is 7.39. The summed E-state index contributed by atoms with van der Waals surface area (Å²) in [7, 11) is 0. The van der Waals surface area contributed by atoms with Crippen LogP contribution in [0.3, 0.4) is 0 Å². The molecule has 0 amide bonds. The fourth-order valence-corrected chi connectivity index (χ4v) is 3.54. The highest BCUT2D eigenvalue weighted by atomic mass is 16.5. The fourth-order valence-electron chi connectivity index (χ4n) is 3.54. The summed E-state index contributed by atoms with van der Waals surface area (Å²) in [4.78, 5) is 8.94. The molecule has 0 radical (unpaired) electrons. The molecule has 1 N–H and O–H groups in total. The van der Waals surface area contributed by atoms with Crippen molar-refractivity contribution in [3.05, 3.63) is 24.2 Å². The zero-order valence-corrected chi connectivity index (χ0v) is 16.2. The highest BCUT2D eigenvalue weighted by Crippen LogP contribution is 2.28. The molecular formula is C20H30N4O2. The Bertz CT molecular complexity index is 697. The van der Waals surface area contributed by atoms with Gasteiger partial charge in [-0.25, -0.2) is 4.98 Å². The molecule has 3 rings (SSSR count). The number of anilines is 1. The number of hydrogen-bond acceptors (Lipinski definition) is 6. The third-order valence-corrected chi connectivity index (χ3v) is 5.21. The molecule has 142 valence electrons. The van der Waals surface area contributed by atoms with Crippen molar-refractivity contribution < 1.29 is 9.26 Å². The maximum atomic E-state index is 6.01. The standard InChI is InChI=1S/C20H30N4O2/c1-5-14(6-2)17-12-16(8-10-25-17)22-18-11-15(7-9-21-18)20-23-19(13(3)4)24-26-20/h7,9,11,13-14,16-17H,5-6,8,10,12H2,1-4H3,(H,21,22). The molecule has 3 heterocycles. The van der Waals surface area contributed by atoms with Crippen molar-refractivity contribution in [1.82, 2.24) is 15.1 Å². The van der Waals surface area contributed by atoms with Gasteiger partial charge in [0.2, 0.25) is 0 Å². The summed E-state index contributed by atoms with van der Waals surface area (Å²) in [6.07, 6.45) is 6.48. The molecule has 1 fully saturated rings. The van der Waals surface area contributed by atoms with E-state index < -0.39 is 0 Å². The van der Waals surface area contributed by atoms with Gasteiger partial charge in [0.25, 0.3) is 5.89 Å². The van der Waals surface area contributed by atoms with Gasteiger partial charge in [0, 0.05) is 30.3 Å². The molecule has 2 aromatic heterocycles. The molecule has 0 saturated carbocycles. The maximum Gasteiger partial charge on any atom is 0.258 e. The van der Waals surface area contributed by atoms with E-state index in [2.05, 4.69) is 48.1 Å². The first-order valence-corrected chi connectivity index (χ1v) is 9.78. The molecule has 0 spiro atoms. The van der Waals surface area contributed by atoms with Crippen molar-refractivity contribution >= 4 is 5.82 Å². The molecule has 1 saturated heterocycles. The highest BCUT2D eigenvalue weighted by molar-refractivity contribution is 5.58. The van der Waals surface area contributed by atoms with Crippen LogP contribution in [0.2, 0.25) is 0 Å². The lowest BCUT2D eigenvalue weighted by Crippen LogP contribution is -2.38. The molecule has 6 heteroatoms. The predicted octanol–water partition coefficient (Wildman–Crippen LogP) is 4.65. The van der Waals surface area contributed by atoms with Crippen LogP contribution in [0.4, 0.5) is 5.82 Å². The van der Waals surface area contributed by atoms with Crippen LogP contribution in [0, 0.1) is 5.92 Å². The molecule has 2 atom stereocenters. The normalized spacial score (nSPS) is 20.7. The largest absolute Gasteiger partial charge is 0.378 e. The minimum atomic E-state index is 0.246. The molecular weight excluding hydrogens is 328 g/mol. The third kappa shape index (κ3) is 4.41. The van der Waals surface area contributed by atoms with Crippen molar-refractivity contribution in [2.45, 2.75) is 71.4 Å². The van der Waals surface area contributed by atoms with Gasteiger partial charge in [-0.05, 0) is 30.9 Å².